The standard InChI is InChI=1S/C25H23N3O3S/c1-29-22-11-7-6-10-20(22)21-17-32-25(27-21)28-26-15-19-12-13-23(24(14-19)30-2)31-16-18-8-4-3-5-9-18/h3-15,17H,16H2,1-2H3,(H,27,28)/b26-15-. The zero-order valence-corrected chi connectivity index (χ0v) is 18.6. The van der Waals surface area contributed by atoms with E-state index in [0.29, 0.717) is 23.2 Å². The molecule has 0 bridgehead atoms. The van der Waals surface area contributed by atoms with Crippen molar-refractivity contribution in [3.8, 4) is 28.5 Å². The Morgan fingerprint density at radius 3 is 2.50 bits per heavy atom. The summed E-state index contributed by atoms with van der Waals surface area (Å²) in [4.78, 5) is 4.59. The van der Waals surface area contributed by atoms with Gasteiger partial charge in [-0.1, -0.05) is 42.5 Å². The van der Waals surface area contributed by atoms with Gasteiger partial charge in [-0.25, -0.2) is 4.98 Å². The molecular formula is C25H23N3O3S. The molecule has 6 nitrogen and oxygen atoms in total. The summed E-state index contributed by atoms with van der Waals surface area (Å²) >= 11 is 1.48. The van der Waals surface area contributed by atoms with Crippen molar-refractivity contribution in [1.29, 1.82) is 0 Å². The number of aromatic nitrogens is 1. The van der Waals surface area contributed by atoms with E-state index in [0.717, 1.165) is 28.1 Å². The van der Waals surface area contributed by atoms with Crippen LogP contribution in [0.3, 0.4) is 0 Å². The van der Waals surface area contributed by atoms with Crippen LogP contribution >= 0.6 is 11.3 Å². The quantitative estimate of drug-likeness (QED) is 0.258. The molecule has 4 rings (SSSR count). The Bertz CT molecular complexity index is 1190. The highest BCUT2D eigenvalue weighted by Gasteiger charge is 2.09. The van der Waals surface area contributed by atoms with Crippen molar-refractivity contribution in [2.45, 2.75) is 6.61 Å². The molecule has 0 fully saturated rings. The number of hydrogen-bond acceptors (Lipinski definition) is 7. The predicted molar refractivity (Wildman–Crippen MR) is 129 cm³/mol. The van der Waals surface area contributed by atoms with E-state index in [9.17, 15) is 0 Å². The van der Waals surface area contributed by atoms with Gasteiger partial charge in [-0.05, 0) is 41.5 Å². The molecule has 32 heavy (non-hydrogen) atoms. The minimum atomic E-state index is 0.477. The predicted octanol–water partition coefficient (Wildman–Crippen LogP) is 5.85. The maximum atomic E-state index is 5.90. The number of hydrogen-bond donors (Lipinski definition) is 1. The van der Waals surface area contributed by atoms with Crippen LogP contribution in [0.2, 0.25) is 0 Å². The van der Waals surface area contributed by atoms with Crippen molar-refractivity contribution in [2.24, 2.45) is 5.10 Å². The summed E-state index contributed by atoms with van der Waals surface area (Å²) in [6.07, 6.45) is 1.72. The Labute approximate surface area is 191 Å². The van der Waals surface area contributed by atoms with Crippen molar-refractivity contribution < 1.29 is 14.2 Å². The molecule has 162 valence electrons. The third-order valence-electron chi connectivity index (χ3n) is 4.69. The van der Waals surface area contributed by atoms with Crippen molar-refractivity contribution in [1.82, 2.24) is 4.98 Å². The van der Waals surface area contributed by atoms with Crippen LogP contribution in [-0.4, -0.2) is 25.4 Å². The van der Waals surface area contributed by atoms with E-state index < -0.39 is 0 Å². The summed E-state index contributed by atoms with van der Waals surface area (Å²) in [5.41, 5.74) is 6.74. The number of thiazole rings is 1. The van der Waals surface area contributed by atoms with Gasteiger partial charge in [-0.3, -0.25) is 5.43 Å². The first-order valence-corrected chi connectivity index (χ1v) is 10.9. The number of methoxy groups -OCH3 is 2. The second-order valence-corrected chi connectivity index (χ2v) is 7.65. The summed E-state index contributed by atoms with van der Waals surface area (Å²) in [5, 5.41) is 6.97. The van der Waals surface area contributed by atoms with Gasteiger partial charge in [-0.15, -0.1) is 11.3 Å². The summed E-state index contributed by atoms with van der Waals surface area (Å²) in [6.45, 7) is 0.477. The molecule has 0 aliphatic carbocycles. The molecule has 1 aromatic heterocycles. The topological polar surface area (TPSA) is 65.0 Å². The fraction of sp³-hybridized carbons (Fsp3) is 0.120. The van der Waals surface area contributed by atoms with E-state index in [-0.39, 0.29) is 0 Å². The maximum Gasteiger partial charge on any atom is 0.203 e. The number of ether oxygens (including phenoxy) is 3. The van der Waals surface area contributed by atoms with Crippen LogP contribution in [0.4, 0.5) is 5.13 Å². The Morgan fingerprint density at radius 1 is 0.906 bits per heavy atom. The normalized spacial score (nSPS) is 10.8. The first-order chi connectivity index (χ1) is 15.8. The van der Waals surface area contributed by atoms with Gasteiger partial charge in [-0.2, -0.15) is 5.10 Å². The monoisotopic (exact) mass is 445 g/mol. The van der Waals surface area contributed by atoms with E-state index in [4.69, 9.17) is 14.2 Å². The number of nitrogens with zero attached hydrogens (tertiary/aromatic N) is 2. The fourth-order valence-electron chi connectivity index (χ4n) is 3.09. The van der Waals surface area contributed by atoms with Crippen LogP contribution in [0.1, 0.15) is 11.1 Å². The first-order valence-electron chi connectivity index (χ1n) is 9.99. The Morgan fingerprint density at radius 2 is 1.69 bits per heavy atom. The van der Waals surface area contributed by atoms with Gasteiger partial charge in [0.05, 0.1) is 26.1 Å². The van der Waals surface area contributed by atoms with Crippen LogP contribution < -0.4 is 19.6 Å². The van der Waals surface area contributed by atoms with Crippen molar-refractivity contribution in [2.75, 3.05) is 19.6 Å². The third kappa shape index (κ3) is 5.25. The highest BCUT2D eigenvalue weighted by Crippen LogP contribution is 2.32. The van der Waals surface area contributed by atoms with Crippen LogP contribution in [0.15, 0.2) is 83.3 Å². The lowest BCUT2D eigenvalue weighted by molar-refractivity contribution is 0.284. The van der Waals surface area contributed by atoms with E-state index >= 15 is 0 Å². The molecule has 0 saturated carbocycles. The molecule has 7 heteroatoms. The largest absolute Gasteiger partial charge is 0.496 e. The van der Waals surface area contributed by atoms with Crippen LogP contribution in [-0.2, 0) is 6.61 Å². The molecule has 4 aromatic rings. The Kier molecular flexibility index (Phi) is 6.99. The average Bonchev–Trinajstić information content (AvgIpc) is 3.32. The second-order valence-electron chi connectivity index (χ2n) is 6.79. The van der Waals surface area contributed by atoms with Gasteiger partial charge < -0.3 is 14.2 Å². The second kappa shape index (κ2) is 10.5. The van der Waals surface area contributed by atoms with Crippen LogP contribution in [0, 0.1) is 0 Å². The zero-order chi connectivity index (χ0) is 22.2. The minimum Gasteiger partial charge on any atom is -0.496 e. The molecule has 0 atom stereocenters. The molecule has 0 spiro atoms. The highest BCUT2D eigenvalue weighted by atomic mass is 32.1. The van der Waals surface area contributed by atoms with Gasteiger partial charge >= 0.3 is 0 Å². The van der Waals surface area contributed by atoms with Crippen molar-refractivity contribution >= 4 is 22.7 Å². The highest BCUT2D eigenvalue weighted by molar-refractivity contribution is 7.14. The number of para-hydroxylation sites is 1. The Hall–Kier alpha value is -3.84. The number of nitrogens with one attached hydrogen (secondary N) is 1. The number of anilines is 1. The summed E-state index contributed by atoms with van der Waals surface area (Å²) in [7, 11) is 3.28. The summed E-state index contributed by atoms with van der Waals surface area (Å²) in [6, 6.07) is 23.5. The maximum absolute atomic E-state index is 5.90. The van der Waals surface area contributed by atoms with E-state index in [1.165, 1.54) is 11.3 Å². The lowest BCUT2D eigenvalue weighted by Crippen LogP contribution is -1.98. The van der Waals surface area contributed by atoms with Gasteiger partial charge in [0.15, 0.2) is 11.5 Å². The van der Waals surface area contributed by atoms with Crippen LogP contribution in [0.5, 0.6) is 17.2 Å². The van der Waals surface area contributed by atoms with Crippen molar-refractivity contribution in [3.05, 3.63) is 89.3 Å². The molecular weight excluding hydrogens is 422 g/mol. The third-order valence-corrected chi connectivity index (χ3v) is 5.43. The first kappa shape index (κ1) is 21.4. The summed E-state index contributed by atoms with van der Waals surface area (Å²) < 4.78 is 16.8. The van der Waals surface area contributed by atoms with Gasteiger partial charge in [0.25, 0.3) is 0 Å². The van der Waals surface area contributed by atoms with E-state index in [1.807, 2.05) is 78.2 Å². The molecule has 0 radical (unpaired) electrons. The molecule has 0 saturated heterocycles. The molecule has 0 amide bonds. The number of benzene rings is 3. The van der Waals surface area contributed by atoms with Crippen LogP contribution in [0.25, 0.3) is 11.3 Å². The number of rotatable bonds is 9. The Balaban J connectivity index is 1.40. The number of hydrazone groups is 1. The molecule has 3 aromatic carbocycles. The molecule has 1 N–H and O–H groups in total. The lowest BCUT2D eigenvalue weighted by atomic mass is 10.1. The smallest absolute Gasteiger partial charge is 0.203 e. The molecule has 0 aliphatic rings. The lowest BCUT2D eigenvalue weighted by Gasteiger charge is -2.11. The molecule has 1 heterocycles. The zero-order valence-electron chi connectivity index (χ0n) is 17.8. The van der Waals surface area contributed by atoms with Gasteiger partial charge in [0.2, 0.25) is 5.13 Å². The van der Waals surface area contributed by atoms with Gasteiger partial charge in [0, 0.05) is 10.9 Å². The minimum absolute atomic E-state index is 0.477. The van der Waals surface area contributed by atoms with E-state index in [2.05, 4.69) is 15.5 Å². The fourth-order valence-corrected chi connectivity index (χ4v) is 3.75. The van der Waals surface area contributed by atoms with E-state index in [1.54, 1.807) is 20.4 Å². The SMILES string of the molecule is COc1cc(/C=N\Nc2nc(-c3ccccc3OC)cs2)ccc1OCc1ccccc1. The van der Waals surface area contributed by atoms with Gasteiger partial charge in [0.1, 0.15) is 12.4 Å². The molecule has 0 aliphatic heterocycles. The van der Waals surface area contributed by atoms with Crippen molar-refractivity contribution in [3.63, 3.8) is 0 Å². The average molecular weight is 446 g/mol. The molecule has 0 unspecified atom stereocenters. The summed E-state index contributed by atoms with van der Waals surface area (Å²) in [5.74, 6) is 2.12.